The molecule has 2 aromatic rings. The fraction of sp³-hybridized carbons (Fsp3) is 0.0625. The van der Waals surface area contributed by atoms with Crippen LogP contribution in [0, 0.1) is 0 Å². The second kappa shape index (κ2) is 6.33. The van der Waals surface area contributed by atoms with Crippen LogP contribution in [-0.2, 0) is 6.42 Å². The smallest absolute Gasteiger partial charge is 0.137 e. The highest BCUT2D eigenvalue weighted by Crippen LogP contribution is 2.32. The summed E-state index contributed by atoms with van der Waals surface area (Å²) in [7, 11) is 0. The summed E-state index contributed by atoms with van der Waals surface area (Å²) in [4.78, 5) is 0. The number of hydrogen-bond acceptors (Lipinski definition) is 4. The van der Waals surface area contributed by atoms with E-state index in [9.17, 15) is 10.2 Å². The van der Waals surface area contributed by atoms with Crippen molar-refractivity contribution in [2.75, 3.05) is 0 Å². The Kier molecular flexibility index (Phi) is 4.50. The number of rotatable bonds is 4. The first-order valence-corrected chi connectivity index (χ1v) is 6.62. The van der Waals surface area contributed by atoms with Gasteiger partial charge in [0.1, 0.15) is 11.5 Å². The minimum absolute atomic E-state index is 0.108. The van der Waals surface area contributed by atoms with Crippen molar-refractivity contribution in [3.05, 3.63) is 70.8 Å². The van der Waals surface area contributed by atoms with Crippen LogP contribution in [0.4, 0.5) is 0 Å². The second-order valence-corrected chi connectivity index (χ2v) is 4.97. The fourth-order valence-electron chi connectivity index (χ4n) is 2.02. The average Bonchev–Trinajstić information content (AvgIpc) is 2.46. The molecule has 0 unspecified atom stereocenters. The van der Waals surface area contributed by atoms with Crippen molar-refractivity contribution in [2.45, 2.75) is 6.42 Å². The molecule has 0 fully saturated rings. The minimum atomic E-state index is -0.206. The summed E-state index contributed by atoms with van der Waals surface area (Å²) in [6.07, 6.45) is 0.537. The van der Waals surface area contributed by atoms with Crippen LogP contribution in [0.3, 0.4) is 0 Å². The summed E-state index contributed by atoms with van der Waals surface area (Å²) in [6, 6.07) is 12.3. The molecule has 0 saturated carbocycles. The van der Waals surface area contributed by atoms with Crippen molar-refractivity contribution in [2.24, 2.45) is 10.9 Å². The zero-order valence-corrected chi connectivity index (χ0v) is 12.0. The zero-order chi connectivity index (χ0) is 15.4. The predicted octanol–water partition coefficient (Wildman–Crippen LogP) is 3.21. The maximum Gasteiger partial charge on any atom is 0.137 e. The number of hydrogen-bond donors (Lipinski definition) is 3. The first kappa shape index (κ1) is 14.9. The first-order valence-electron chi connectivity index (χ1n) is 6.24. The van der Waals surface area contributed by atoms with E-state index in [0.29, 0.717) is 23.3 Å². The van der Waals surface area contributed by atoms with Crippen LogP contribution in [0.2, 0.25) is 5.02 Å². The Bertz CT molecular complexity index is 697. The van der Waals surface area contributed by atoms with Crippen LogP contribution < -0.4 is 5.84 Å². The van der Waals surface area contributed by atoms with Crippen molar-refractivity contribution in [3.8, 4) is 11.5 Å². The summed E-state index contributed by atoms with van der Waals surface area (Å²) in [5.74, 6) is 5.06. The van der Waals surface area contributed by atoms with Crippen molar-refractivity contribution >= 4 is 17.3 Å². The molecule has 0 spiro atoms. The van der Waals surface area contributed by atoms with E-state index in [1.807, 2.05) is 30.3 Å². The number of aromatic hydroxyl groups is 2. The van der Waals surface area contributed by atoms with E-state index in [1.54, 1.807) is 0 Å². The SMILES string of the molecule is C=C(Cc1ccccc1)/C(=N\N)c1cc(Cl)c(O)cc1O. The van der Waals surface area contributed by atoms with Crippen molar-refractivity contribution in [3.63, 3.8) is 0 Å². The lowest BCUT2D eigenvalue weighted by Crippen LogP contribution is -2.10. The normalized spacial score (nSPS) is 11.4. The molecule has 21 heavy (non-hydrogen) atoms. The molecule has 0 aliphatic rings. The van der Waals surface area contributed by atoms with E-state index in [0.717, 1.165) is 11.6 Å². The van der Waals surface area contributed by atoms with Gasteiger partial charge in [0.2, 0.25) is 0 Å². The van der Waals surface area contributed by atoms with Gasteiger partial charge in [-0.1, -0.05) is 48.5 Å². The lowest BCUT2D eigenvalue weighted by atomic mass is 9.97. The van der Waals surface area contributed by atoms with E-state index in [1.165, 1.54) is 6.07 Å². The van der Waals surface area contributed by atoms with Gasteiger partial charge in [-0.15, -0.1) is 0 Å². The largest absolute Gasteiger partial charge is 0.507 e. The van der Waals surface area contributed by atoms with Gasteiger partial charge in [-0.05, 0) is 23.6 Å². The number of hydrazone groups is 1. The molecule has 4 N–H and O–H groups in total. The van der Waals surface area contributed by atoms with Crippen LogP contribution >= 0.6 is 11.6 Å². The monoisotopic (exact) mass is 302 g/mol. The van der Waals surface area contributed by atoms with Crippen LogP contribution in [0.25, 0.3) is 0 Å². The molecule has 0 heterocycles. The molecule has 0 aliphatic heterocycles. The first-order chi connectivity index (χ1) is 10.0. The summed E-state index contributed by atoms with van der Waals surface area (Å²) < 4.78 is 0. The zero-order valence-electron chi connectivity index (χ0n) is 11.3. The van der Waals surface area contributed by atoms with Crippen LogP contribution in [-0.4, -0.2) is 15.9 Å². The van der Waals surface area contributed by atoms with Gasteiger partial charge in [-0.3, -0.25) is 0 Å². The quantitative estimate of drug-likeness (QED) is 0.461. The molecule has 0 aromatic heterocycles. The maximum atomic E-state index is 9.94. The minimum Gasteiger partial charge on any atom is -0.507 e. The number of phenols is 2. The maximum absolute atomic E-state index is 9.94. The van der Waals surface area contributed by atoms with Crippen LogP contribution in [0.15, 0.2) is 59.7 Å². The third-order valence-corrected chi connectivity index (χ3v) is 3.35. The molecular weight excluding hydrogens is 288 g/mol. The standard InChI is InChI=1S/C16H15ClN2O2/c1-10(7-11-5-3-2-4-6-11)16(19-18)12-8-13(17)15(21)9-14(12)20/h2-6,8-9,20-21H,1,7,18H2/b19-16+. The molecule has 0 bridgehead atoms. The molecule has 0 aliphatic carbocycles. The van der Waals surface area contributed by atoms with Gasteiger partial charge in [0.25, 0.3) is 0 Å². The average molecular weight is 303 g/mol. The lowest BCUT2D eigenvalue weighted by molar-refractivity contribution is 0.450. The van der Waals surface area contributed by atoms with Crippen molar-refractivity contribution in [1.29, 1.82) is 0 Å². The fourth-order valence-corrected chi connectivity index (χ4v) is 2.18. The topological polar surface area (TPSA) is 78.8 Å². The Morgan fingerprint density at radius 2 is 1.81 bits per heavy atom. The van der Waals surface area contributed by atoms with Gasteiger partial charge in [-0.2, -0.15) is 5.10 Å². The number of benzene rings is 2. The number of nitrogens with zero attached hydrogens (tertiary/aromatic N) is 1. The predicted molar refractivity (Wildman–Crippen MR) is 84.8 cm³/mol. The number of phenolic OH excluding ortho intramolecular Hbond substituents is 2. The Morgan fingerprint density at radius 1 is 1.14 bits per heavy atom. The molecule has 2 aromatic carbocycles. The lowest BCUT2D eigenvalue weighted by Gasteiger charge is -2.12. The van der Waals surface area contributed by atoms with E-state index < -0.39 is 0 Å². The number of nitrogens with two attached hydrogens (primary N) is 1. The summed E-state index contributed by atoms with van der Waals surface area (Å²) in [6.45, 7) is 3.96. The van der Waals surface area contributed by atoms with Crippen molar-refractivity contribution < 1.29 is 10.2 Å². The van der Waals surface area contributed by atoms with Gasteiger partial charge < -0.3 is 16.1 Å². The summed E-state index contributed by atoms with van der Waals surface area (Å²) in [5, 5.41) is 23.2. The van der Waals surface area contributed by atoms with E-state index in [2.05, 4.69) is 11.7 Å². The molecule has 0 atom stereocenters. The van der Waals surface area contributed by atoms with Gasteiger partial charge in [-0.25, -0.2) is 0 Å². The van der Waals surface area contributed by atoms with Gasteiger partial charge >= 0.3 is 0 Å². The molecule has 0 radical (unpaired) electrons. The molecule has 0 amide bonds. The molecule has 4 nitrogen and oxygen atoms in total. The molecular formula is C16H15ClN2O2. The molecule has 0 saturated heterocycles. The van der Waals surface area contributed by atoms with Gasteiger partial charge in [0.15, 0.2) is 0 Å². The Morgan fingerprint density at radius 3 is 2.43 bits per heavy atom. The third kappa shape index (κ3) is 3.35. The van der Waals surface area contributed by atoms with Gasteiger partial charge in [0.05, 0.1) is 10.7 Å². The highest BCUT2D eigenvalue weighted by Gasteiger charge is 2.16. The van der Waals surface area contributed by atoms with E-state index in [-0.39, 0.29) is 16.5 Å². The van der Waals surface area contributed by atoms with Crippen LogP contribution in [0.1, 0.15) is 11.1 Å². The molecule has 2 rings (SSSR count). The van der Waals surface area contributed by atoms with Crippen molar-refractivity contribution in [1.82, 2.24) is 0 Å². The summed E-state index contributed by atoms with van der Waals surface area (Å²) >= 11 is 5.87. The van der Waals surface area contributed by atoms with E-state index >= 15 is 0 Å². The highest BCUT2D eigenvalue weighted by molar-refractivity contribution is 6.32. The Balaban J connectivity index is 2.32. The number of halogens is 1. The summed E-state index contributed by atoms with van der Waals surface area (Å²) in [5.41, 5.74) is 2.37. The van der Waals surface area contributed by atoms with Crippen LogP contribution in [0.5, 0.6) is 11.5 Å². The molecule has 108 valence electrons. The Labute approximate surface area is 127 Å². The second-order valence-electron chi connectivity index (χ2n) is 4.56. The van der Waals surface area contributed by atoms with Gasteiger partial charge in [0, 0.05) is 11.6 Å². The number of allylic oxidation sites excluding steroid dienone is 1. The third-order valence-electron chi connectivity index (χ3n) is 3.04. The molecule has 5 heteroatoms. The van der Waals surface area contributed by atoms with E-state index in [4.69, 9.17) is 17.4 Å². The highest BCUT2D eigenvalue weighted by atomic mass is 35.5. The Hall–Kier alpha value is -2.46.